The zero-order valence-electron chi connectivity index (χ0n) is 7.60. The first kappa shape index (κ1) is 10.8. The highest BCUT2D eigenvalue weighted by atomic mass is 32.2. The van der Waals surface area contributed by atoms with E-state index in [-0.39, 0.29) is 11.4 Å². The first-order chi connectivity index (χ1) is 6.61. The highest BCUT2D eigenvalue weighted by molar-refractivity contribution is 7.89. The van der Waals surface area contributed by atoms with Crippen molar-refractivity contribution in [3.63, 3.8) is 0 Å². The summed E-state index contributed by atoms with van der Waals surface area (Å²) >= 11 is 0. The van der Waals surface area contributed by atoms with E-state index in [0.29, 0.717) is 5.56 Å². The largest absolute Gasteiger partial charge is 0.240 e. The van der Waals surface area contributed by atoms with Crippen LogP contribution in [0.15, 0.2) is 34.3 Å². The van der Waals surface area contributed by atoms with E-state index in [1.54, 1.807) is 18.2 Å². The number of sulfonamides is 1. The van der Waals surface area contributed by atoms with Gasteiger partial charge in [-0.15, -0.1) is 0 Å². The van der Waals surface area contributed by atoms with Crippen LogP contribution in [0.25, 0.3) is 0 Å². The minimum atomic E-state index is -3.50. The van der Waals surface area contributed by atoms with E-state index < -0.39 is 10.0 Å². The second-order valence-corrected chi connectivity index (χ2v) is 4.46. The van der Waals surface area contributed by atoms with Gasteiger partial charge in [0, 0.05) is 0 Å². The molecule has 0 saturated heterocycles. The van der Waals surface area contributed by atoms with Gasteiger partial charge in [-0.05, 0) is 18.7 Å². The van der Waals surface area contributed by atoms with Crippen LogP contribution < -0.4 is 4.72 Å². The molecule has 14 heavy (non-hydrogen) atoms. The molecule has 1 N–H and O–H groups in total. The van der Waals surface area contributed by atoms with Gasteiger partial charge in [0.1, 0.15) is 6.54 Å². The maximum absolute atomic E-state index is 11.4. The van der Waals surface area contributed by atoms with Crippen molar-refractivity contribution >= 4 is 10.0 Å². The van der Waals surface area contributed by atoms with Crippen LogP contribution >= 0.6 is 0 Å². The Hall–Kier alpha value is -1.27. The molecule has 76 valence electrons. The first-order valence-corrected chi connectivity index (χ1v) is 5.40. The molecule has 1 aromatic rings. The minimum Gasteiger partial charge on any atom is -0.214 e. The van der Waals surface area contributed by atoms with Crippen LogP contribution in [-0.2, 0) is 16.6 Å². The molecule has 0 aliphatic carbocycles. The lowest BCUT2D eigenvalue weighted by molar-refractivity contribution is 0.587. The quantitative estimate of drug-likeness (QED) is 0.755. The Kier molecular flexibility index (Phi) is 3.32. The van der Waals surface area contributed by atoms with Gasteiger partial charge in [0.25, 0.3) is 0 Å². The zero-order valence-corrected chi connectivity index (χ0v) is 8.41. The van der Waals surface area contributed by atoms with Crippen LogP contribution in [0.4, 0.5) is 0 Å². The molecule has 0 unspecified atom stereocenters. The summed E-state index contributed by atoms with van der Waals surface area (Å²) in [6.07, 6.45) is 0. The summed E-state index contributed by atoms with van der Waals surface area (Å²) < 4.78 is 25.1. The van der Waals surface area contributed by atoms with E-state index in [0.717, 1.165) is 0 Å². The Bertz CT molecular complexity index is 428. The van der Waals surface area contributed by atoms with Gasteiger partial charge in [0.15, 0.2) is 0 Å². The molecule has 0 radical (unpaired) electrons. The molecule has 1 aromatic carbocycles. The van der Waals surface area contributed by atoms with E-state index in [1.165, 1.54) is 13.1 Å². The fourth-order valence-electron chi connectivity index (χ4n) is 1.08. The molecule has 0 aliphatic heterocycles. The van der Waals surface area contributed by atoms with Crippen LogP contribution in [-0.4, -0.2) is 15.5 Å². The highest BCUT2D eigenvalue weighted by Crippen LogP contribution is 2.15. The molecule has 0 spiro atoms. The predicted octanol–water partition coefficient (Wildman–Crippen LogP) is 0.861. The number of benzene rings is 1. The maximum atomic E-state index is 11.4. The van der Waals surface area contributed by atoms with Gasteiger partial charge < -0.3 is 0 Å². The van der Waals surface area contributed by atoms with E-state index in [2.05, 4.69) is 9.90 Å². The Morgan fingerprint density at radius 1 is 1.36 bits per heavy atom. The second-order valence-electron chi connectivity index (χ2n) is 2.60. The summed E-state index contributed by atoms with van der Waals surface area (Å²) in [4.78, 5) is 10.2. The molecule has 0 saturated carbocycles. The summed E-state index contributed by atoms with van der Waals surface area (Å²) in [5.74, 6) is 0. The van der Waals surface area contributed by atoms with Crippen LogP contribution in [0.3, 0.4) is 0 Å². The van der Waals surface area contributed by atoms with Crippen molar-refractivity contribution in [2.24, 2.45) is 5.18 Å². The molecule has 6 heteroatoms. The second kappa shape index (κ2) is 4.30. The van der Waals surface area contributed by atoms with Gasteiger partial charge in [-0.1, -0.05) is 23.4 Å². The van der Waals surface area contributed by atoms with Gasteiger partial charge in [0.05, 0.1) is 4.90 Å². The average molecular weight is 214 g/mol. The van der Waals surface area contributed by atoms with Crippen molar-refractivity contribution in [3.05, 3.63) is 34.7 Å². The van der Waals surface area contributed by atoms with Crippen LogP contribution in [0.5, 0.6) is 0 Å². The highest BCUT2D eigenvalue weighted by Gasteiger charge is 2.15. The Labute approximate surface area is 82.2 Å². The zero-order chi connectivity index (χ0) is 10.6. The van der Waals surface area contributed by atoms with E-state index in [4.69, 9.17) is 0 Å². The third-order valence-corrected chi connectivity index (χ3v) is 3.28. The number of nitroso groups, excluding NO2 is 1. The van der Waals surface area contributed by atoms with E-state index in [9.17, 15) is 13.3 Å². The number of nitrogens with one attached hydrogen (secondary N) is 1. The van der Waals surface area contributed by atoms with Crippen molar-refractivity contribution < 1.29 is 8.42 Å². The summed E-state index contributed by atoms with van der Waals surface area (Å²) in [6.45, 7) is -0.142. The lowest BCUT2D eigenvalue weighted by Crippen LogP contribution is -2.19. The van der Waals surface area contributed by atoms with Gasteiger partial charge in [-0.3, -0.25) is 0 Å². The molecule has 0 aliphatic rings. The fraction of sp³-hybridized carbons (Fsp3) is 0.250. The monoisotopic (exact) mass is 214 g/mol. The van der Waals surface area contributed by atoms with Gasteiger partial charge in [-0.25, -0.2) is 13.1 Å². The third-order valence-electron chi connectivity index (χ3n) is 1.77. The Balaban J connectivity index is 3.26. The molecule has 0 aromatic heterocycles. The summed E-state index contributed by atoms with van der Waals surface area (Å²) in [6, 6.07) is 6.26. The summed E-state index contributed by atoms with van der Waals surface area (Å²) in [5, 5.41) is 2.67. The van der Waals surface area contributed by atoms with Crippen molar-refractivity contribution in [3.8, 4) is 0 Å². The number of hydrogen-bond acceptors (Lipinski definition) is 4. The maximum Gasteiger partial charge on any atom is 0.240 e. The molecular weight excluding hydrogens is 204 g/mol. The molecule has 5 nitrogen and oxygen atoms in total. The predicted molar refractivity (Wildman–Crippen MR) is 52.2 cm³/mol. The average Bonchev–Trinajstić information content (AvgIpc) is 2.19. The number of nitrogens with zero attached hydrogens (tertiary/aromatic N) is 1. The number of rotatable bonds is 4. The summed E-state index contributed by atoms with van der Waals surface area (Å²) in [7, 11) is -2.18. The Morgan fingerprint density at radius 2 is 2.00 bits per heavy atom. The topological polar surface area (TPSA) is 75.6 Å². The molecule has 0 amide bonds. The van der Waals surface area contributed by atoms with E-state index in [1.807, 2.05) is 0 Å². The molecule has 0 atom stereocenters. The SMILES string of the molecule is CNS(=O)(=O)c1ccccc1CN=O. The molecular formula is C8H10N2O3S. The minimum absolute atomic E-state index is 0.0992. The van der Waals surface area contributed by atoms with Crippen LogP contribution in [0, 0.1) is 4.91 Å². The lowest BCUT2D eigenvalue weighted by Gasteiger charge is -2.05. The van der Waals surface area contributed by atoms with Crippen molar-refractivity contribution in [1.82, 2.24) is 4.72 Å². The summed E-state index contributed by atoms with van der Waals surface area (Å²) in [5.41, 5.74) is 0.400. The van der Waals surface area contributed by atoms with Crippen molar-refractivity contribution in [2.45, 2.75) is 11.4 Å². The molecule has 0 heterocycles. The normalized spacial score (nSPS) is 11.2. The van der Waals surface area contributed by atoms with E-state index >= 15 is 0 Å². The lowest BCUT2D eigenvalue weighted by atomic mass is 10.2. The number of hydrogen-bond donors (Lipinski definition) is 1. The smallest absolute Gasteiger partial charge is 0.214 e. The molecule has 0 bridgehead atoms. The fourth-order valence-corrected chi connectivity index (χ4v) is 2.03. The van der Waals surface area contributed by atoms with Gasteiger partial charge in [0.2, 0.25) is 10.0 Å². The Morgan fingerprint density at radius 3 is 2.57 bits per heavy atom. The van der Waals surface area contributed by atoms with Crippen LogP contribution in [0.2, 0.25) is 0 Å². The van der Waals surface area contributed by atoms with Crippen molar-refractivity contribution in [1.29, 1.82) is 0 Å². The van der Waals surface area contributed by atoms with Crippen LogP contribution in [0.1, 0.15) is 5.56 Å². The van der Waals surface area contributed by atoms with Gasteiger partial charge >= 0.3 is 0 Å². The first-order valence-electron chi connectivity index (χ1n) is 3.92. The van der Waals surface area contributed by atoms with Gasteiger partial charge in [-0.2, -0.15) is 4.91 Å². The third kappa shape index (κ3) is 2.15. The molecule has 1 rings (SSSR count). The standard InChI is InChI=1S/C8H10N2O3S/c1-9-14(12,13)8-5-3-2-4-7(8)6-10-11/h2-5,9H,6H2,1H3. The van der Waals surface area contributed by atoms with Crippen molar-refractivity contribution in [2.75, 3.05) is 7.05 Å². The molecule has 0 fully saturated rings.